The maximum Gasteiger partial charge on any atom is 0.445 e. The summed E-state index contributed by atoms with van der Waals surface area (Å²) < 4.78 is 37.1. The van der Waals surface area contributed by atoms with Crippen molar-refractivity contribution in [2.24, 2.45) is 0 Å². The Morgan fingerprint density at radius 1 is 1.26 bits per heavy atom. The van der Waals surface area contributed by atoms with Crippen molar-refractivity contribution in [2.45, 2.75) is 25.4 Å². The minimum absolute atomic E-state index is 0.125. The molecule has 23 heavy (non-hydrogen) atoms. The van der Waals surface area contributed by atoms with E-state index in [1.54, 1.807) is 18.2 Å². The van der Waals surface area contributed by atoms with E-state index in [9.17, 15) is 18.0 Å². The summed E-state index contributed by atoms with van der Waals surface area (Å²) in [6.45, 7) is 0. The van der Waals surface area contributed by atoms with Crippen LogP contribution < -0.4 is 5.32 Å². The van der Waals surface area contributed by atoms with E-state index in [1.807, 2.05) is 0 Å². The van der Waals surface area contributed by atoms with Crippen LogP contribution in [0.3, 0.4) is 0 Å². The molecule has 0 aliphatic carbocycles. The Balaban J connectivity index is 1.82. The molecule has 124 valence electrons. The highest BCUT2D eigenvalue weighted by Gasteiger charge is 2.35. The zero-order valence-corrected chi connectivity index (χ0v) is 13.8. The Morgan fingerprint density at radius 3 is 2.61 bits per heavy atom. The van der Waals surface area contributed by atoms with Crippen LogP contribution in [0.1, 0.15) is 23.4 Å². The summed E-state index contributed by atoms with van der Waals surface area (Å²) in [5.74, 6) is -0.431. The Labute approximate surface area is 143 Å². The molecule has 2 rings (SSSR count). The third-order valence-electron chi connectivity index (χ3n) is 2.78. The summed E-state index contributed by atoms with van der Waals surface area (Å²) in [5, 5.41) is 8.34. The van der Waals surface area contributed by atoms with E-state index in [0.29, 0.717) is 22.9 Å². The van der Waals surface area contributed by atoms with Crippen molar-refractivity contribution >= 4 is 45.6 Å². The number of nitrogens with zero attached hydrogens (tertiary/aromatic N) is 2. The molecule has 1 aromatic carbocycles. The van der Waals surface area contributed by atoms with E-state index in [1.165, 1.54) is 0 Å². The van der Waals surface area contributed by atoms with Gasteiger partial charge in [-0.3, -0.25) is 4.79 Å². The van der Waals surface area contributed by atoms with Gasteiger partial charge in [0.1, 0.15) is 0 Å². The number of benzene rings is 1. The van der Waals surface area contributed by atoms with Crippen molar-refractivity contribution in [3.05, 3.63) is 38.8 Å². The third-order valence-corrected chi connectivity index (χ3v) is 4.25. The fourth-order valence-corrected chi connectivity index (χ4v) is 2.86. The van der Waals surface area contributed by atoms with Gasteiger partial charge in [-0.2, -0.15) is 13.2 Å². The minimum Gasteiger partial charge on any atom is -0.301 e. The van der Waals surface area contributed by atoms with Crippen LogP contribution in [0.25, 0.3) is 0 Å². The molecule has 0 aliphatic rings. The molecule has 2 aromatic rings. The van der Waals surface area contributed by atoms with Crippen LogP contribution in [-0.4, -0.2) is 16.1 Å². The van der Waals surface area contributed by atoms with Crippen LogP contribution in [-0.2, 0) is 17.4 Å². The Morgan fingerprint density at radius 2 is 2.00 bits per heavy atom. The van der Waals surface area contributed by atoms with E-state index in [-0.39, 0.29) is 22.9 Å². The lowest BCUT2D eigenvalue weighted by molar-refractivity contribution is -0.138. The summed E-state index contributed by atoms with van der Waals surface area (Å²) >= 11 is 12.1. The fraction of sp³-hybridized carbons (Fsp3) is 0.308. The van der Waals surface area contributed by atoms with Crippen LogP contribution in [0.5, 0.6) is 0 Å². The summed E-state index contributed by atoms with van der Waals surface area (Å²) in [7, 11) is 0. The van der Waals surface area contributed by atoms with Crippen molar-refractivity contribution < 1.29 is 18.0 Å². The summed E-state index contributed by atoms with van der Waals surface area (Å²) in [6.07, 6.45) is -3.41. The van der Waals surface area contributed by atoms with Crippen molar-refractivity contribution in [2.75, 3.05) is 5.32 Å². The second kappa shape index (κ2) is 7.46. The van der Waals surface area contributed by atoms with E-state index in [2.05, 4.69) is 15.5 Å². The van der Waals surface area contributed by atoms with Gasteiger partial charge in [-0.05, 0) is 30.5 Å². The standard InChI is InChI=1S/C13H10Cl2F3N3OS/c14-8-5-4-7(9(15)6-8)2-1-3-10(22)19-12-21-20-11(23-12)13(16,17)18/h4-6H,1-3H2,(H,19,21,22). The number of nitrogens with one attached hydrogen (secondary N) is 1. The number of hydrogen-bond donors (Lipinski definition) is 1. The molecule has 0 fully saturated rings. The van der Waals surface area contributed by atoms with Crippen LogP contribution in [0, 0.1) is 0 Å². The van der Waals surface area contributed by atoms with Crippen molar-refractivity contribution in [3.8, 4) is 0 Å². The normalized spacial score (nSPS) is 11.5. The molecular formula is C13H10Cl2F3N3OS. The van der Waals surface area contributed by atoms with E-state index in [4.69, 9.17) is 23.2 Å². The Hall–Kier alpha value is -1.38. The number of aryl methyl sites for hydroxylation is 1. The summed E-state index contributed by atoms with van der Waals surface area (Å²) in [5.41, 5.74) is 0.846. The predicted octanol–water partition coefficient (Wildman–Crippen LogP) is 4.83. The smallest absolute Gasteiger partial charge is 0.301 e. The molecule has 0 atom stereocenters. The number of carbonyl (C=O) groups is 1. The maximum atomic E-state index is 12.4. The summed E-state index contributed by atoms with van der Waals surface area (Å²) in [6, 6.07) is 5.07. The second-order valence-electron chi connectivity index (χ2n) is 4.55. The van der Waals surface area contributed by atoms with Gasteiger partial charge < -0.3 is 5.32 Å². The van der Waals surface area contributed by atoms with Crippen LogP contribution in [0.2, 0.25) is 10.0 Å². The molecule has 4 nitrogen and oxygen atoms in total. The van der Waals surface area contributed by atoms with Crippen molar-refractivity contribution in [1.29, 1.82) is 0 Å². The highest BCUT2D eigenvalue weighted by molar-refractivity contribution is 7.15. The van der Waals surface area contributed by atoms with E-state index >= 15 is 0 Å². The van der Waals surface area contributed by atoms with Crippen LogP contribution >= 0.6 is 34.5 Å². The molecule has 10 heteroatoms. The van der Waals surface area contributed by atoms with Gasteiger partial charge in [0.05, 0.1) is 0 Å². The molecule has 0 saturated carbocycles. The molecule has 1 amide bonds. The number of alkyl halides is 3. The first-order valence-electron chi connectivity index (χ1n) is 6.40. The molecule has 0 radical (unpaired) electrons. The summed E-state index contributed by atoms with van der Waals surface area (Å²) in [4.78, 5) is 11.7. The molecule has 0 bridgehead atoms. The van der Waals surface area contributed by atoms with Gasteiger partial charge in [0.25, 0.3) is 0 Å². The average molecular weight is 384 g/mol. The van der Waals surface area contributed by atoms with Crippen LogP contribution in [0.15, 0.2) is 18.2 Å². The lowest BCUT2D eigenvalue weighted by atomic mass is 10.1. The first-order chi connectivity index (χ1) is 10.8. The maximum absolute atomic E-state index is 12.4. The zero-order valence-electron chi connectivity index (χ0n) is 11.5. The number of aromatic nitrogens is 2. The molecular weight excluding hydrogens is 374 g/mol. The lowest BCUT2D eigenvalue weighted by Crippen LogP contribution is -2.11. The number of halogens is 5. The molecule has 1 heterocycles. The molecule has 1 aromatic heterocycles. The van der Waals surface area contributed by atoms with Gasteiger partial charge in [0, 0.05) is 16.5 Å². The van der Waals surface area contributed by atoms with Crippen molar-refractivity contribution in [1.82, 2.24) is 10.2 Å². The van der Waals surface area contributed by atoms with Gasteiger partial charge in [0.2, 0.25) is 16.0 Å². The van der Waals surface area contributed by atoms with Gasteiger partial charge in [0.15, 0.2) is 0 Å². The highest BCUT2D eigenvalue weighted by Crippen LogP contribution is 2.33. The number of anilines is 1. The van der Waals surface area contributed by atoms with Crippen molar-refractivity contribution in [3.63, 3.8) is 0 Å². The largest absolute Gasteiger partial charge is 0.445 e. The monoisotopic (exact) mass is 383 g/mol. The van der Waals surface area contributed by atoms with Gasteiger partial charge >= 0.3 is 6.18 Å². The molecule has 0 aliphatic heterocycles. The zero-order chi connectivity index (χ0) is 17.0. The topological polar surface area (TPSA) is 54.9 Å². The average Bonchev–Trinajstić information content (AvgIpc) is 2.89. The number of hydrogen-bond acceptors (Lipinski definition) is 4. The Kier molecular flexibility index (Phi) is 5.83. The third kappa shape index (κ3) is 5.33. The molecule has 0 saturated heterocycles. The van der Waals surface area contributed by atoms with E-state index in [0.717, 1.165) is 5.56 Å². The van der Waals surface area contributed by atoms with Crippen LogP contribution in [0.4, 0.5) is 18.3 Å². The van der Waals surface area contributed by atoms with Gasteiger partial charge in [-0.25, -0.2) is 0 Å². The number of carbonyl (C=O) groups excluding carboxylic acids is 1. The Bertz CT molecular complexity index is 706. The number of rotatable bonds is 5. The second-order valence-corrected chi connectivity index (χ2v) is 6.37. The first kappa shape index (κ1) is 18.0. The highest BCUT2D eigenvalue weighted by atomic mass is 35.5. The number of amides is 1. The SMILES string of the molecule is O=C(CCCc1ccc(Cl)cc1Cl)Nc1nnc(C(F)(F)F)s1. The predicted molar refractivity (Wildman–Crippen MR) is 82.9 cm³/mol. The minimum atomic E-state index is -4.56. The lowest BCUT2D eigenvalue weighted by Gasteiger charge is -2.05. The molecule has 1 N–H and O–H groups in total. The van der Waals surface area contributed by atoms with Gasteiger partial charge in [-0.1, -0.05) is 40.6 Å². The first-order valence-corrected chi connectivity index (χ1v) is 7.97. The molecule has 0 spiro atoms. The quantitative estimate of drug-likeness (QED) is 0.804. The molecule has 0 unspecified atom stereocenters. The van der Waals surface area contributed by atoms with E-state index < -0.39 is 17.1 Å². The fourth-order valence-electron chi connectivity index (χ4n) is 1.73. The van der Waals surface area contributed by atoms with Gasteiger partial charge in [-0.15, -0.1) is 10.2 Å².